The van der Waals surface area contributed by atoms with Crippen LogP contribution in [0.15, 0.2) is 48.5 Å². The summed E-state index contributed by atoms with van der Waals surface area (Å²) in [5, 5.41) is 6.53. The summed E-state index contributed by atoms with van der Waals surface area (Å²) in [5.74, 6) is 0.571. The number of hydrogen-bond donors (Lipinski definition) is 2. The van der Waals surface area contributed by atoms with Crippen LogP contribution in [0.5, 0.6) is 0 Å². The van der Waals surface area contributed by atoms with Crippen LogP contribution < -0.4 is 20.4 Å². The zero-order chi connectivity index (χ0) is 30.7. The van der Waals surface area contributed by atoms with E-state index in [0.717, 1.165) is 30.7 Å². The predicted octanol–water partition coefficient (Wildman–Crippen LogP) is 7.49. The molecule has 0 aliphatic carbocycles. The molecule has 1 aliphatic heterocycles. The average Bonchev–Trinajstić information content (AvgIpc) is 2.92. The van der Waals surface area contributed by atoms with Gasteiger partial charge in [0.25, 0.3) is 0 Å². The number of alkyl halides is 7. The molecule has 2 N–H and O–H groups in total. The summed E-state index contributed by atoms with van der Waals surface area (Å²) in [6, 6.07) is 10.1. The summed E-state index contributed by atoms with van der Waals surface area (Å²) < 4.78 is 93.3. The Bertz CT molecular complexity index is 1340. The Hall–Kier alpha value is -3.55. The lowest BCUT2D eigenvalue weighted by Gasteiger charge is -2.41. The molecule has 0 amide bonds. The molecule has 1 aliphatic rings. The Morgan fingerprint density at radius 1 is 0.881 bits per heavy atom. The van der Waals surface area contributed by atoms with Crippen molar-refractivity contribution in [1.29, 1.82) is 0 Å². The normalized spacial score (nSPS) is 16.5. The largest absolute Gasteiger partial charge is 0.435 e. The van der Waals surface area contributed by atoms with Gasteiger partial charge in [0.05, 0.1) is 10.7 Å². The molecule has 2 heterocycles. The number of nitrogens with one attached hydrogen (secondary N) is 2. The standard InChI is InChI=1S/C27H29ClF7N7/c1-3-4-13-36-22-38-23(37-19-11-9-18(10-12-19)25(29,26(30,31)32)27(33,34)35)40-24(39-22)42-15-14-41(16-17(42)2)21-8-6-5-7-20(21)28/h5-12,17H,3-4,13-16H2,1-2H3,(H2,36,37,38,39,40). The van der Waals surface area contributed by atoms with Crippen LogP contribution >= 0.6 is 11.6 Å². The zero-order valence-electron chi connectivity index (χ0n) is 22.7. The van der Waals surface area contributed by atoms with E-state index in [-0.39, 0.29) is 23.6 Å². The van der Waals surface area contributed by atoms with Gasteiger partial charge in [-0.25, -0.2) is 4.39 Å². The van der Waals surface area contributed by atoms with Crippen LogP contribution in [0.25, 0.3) is 0 Å². The van der Waals surface area contributed by atoms with Crippen molar-refractivity contribution >= 4 is 40.8 Å². The predicted molar refractivity (Wildman–Crippen MR) is 148 cm³/mol. The highest BCUT2D eigenvalue weighted by atomic mass is 35.5. The Balaban J connectivity index is 1.59. The second-order valence-electron chi connectivity index (χ2n) is 9.86. The van der Waals surface area contributed by atoms with Crippen molar-refractivity contribution in [2.24, 2.45) is 0 Å². The number of halogens is 8. The van der Waals surface area contributed by atoms with E-state index >= 15 is 0 Å². The number of hydrogen-bond acceptors (Lipinski definition) is 7. The van der Waals surface area contributed by atoms with Crippen LogP contribution in [0.4, 0.5) is 60.0 Å². The minimum Gasteiger partial charge on any atom is -0.367 e. The smallest absolute Gasteiger partial charge is 0.367 e. The van der Waals surface area contributed by atoms with Gasteiger partial charge in [-0.05, 0) is 37.6 Å². The molecule has 0 spiro atoms. The SMILES string of the molecule is CCCCNc1nc(Nc2ccc(C(F)(C(F)(F)F)C(F)(F)F)cc2)nc(N2CCN(c3ccccc3Cl)CC2C)n1. The van der Waals surface area contributed by atoms with E-state index in [1.54, 1.807) is 0 Å². The fraction of sp³-hybridized carbons (Fsp3) is 0.444. The highest BCUT2D eigenvalue weighted by Crippen LogP contribution is 2.53. The van der Waals surface area contributed by atoms with E-state index in [0.29, 0.717) is 49.3 Å². The van der Waals surface area contributed by atoms with Crippen molar-refractivity contribution in [2.45, 2.75) is 50.8 Å². The van der Waals surface area contributed by atoms with Gasteiger partial charge >= 0.3 is 18.0 Å². The Kier molecular flexibility index (Phi) is 9.24. The van der Waals surface area contributed by atoms with Gasteiger partial charge in [-0.3, -0.25) is 0 Å². The highest BCUT2D eigenvalue weighted by Gasteiger charge is 2.73. The van der Waals surface area contributed by atoms with E-state index in [1.807, 2.05) is 43.0 Å². The molecule has 1 atom stereocenters. The number of anilines is 5. The second kappa shape index (κ2) is 12.4. The molecule has 228 valence electrons. The van der Waals surface area contributed by atoms with Crippen molar-refractivity contribution in [3.63, 3.8) is 0 Å². The topological polar surface area (TPSA) is 69.2 Å². The summed E-state index contributed by atoms with van der Waals surface area (Å²) in [5.41, 5.74) is -6.14. The molecule has 42 heavy (non-hydrogen) atoms. The molecule has 1 aromatic heterocycles. The lowest BCUT2D eigenvalue weighted by atomic mass is 9.94. The van der Waals surface area contributed by atoms with Gasteiger partial charge < -0.3 is 20.4 Å². The lowest BCUT2D eigenvalue weighted by molar-refractivity contribution is -0.348. The number of piperazine rings is 1. The van der Waals surface area contributed by atoms with Crippen molar-refractivity contribution in [3.8, 4) is 0 Å². The fourth-order valence-electron chi connectivity index (χ4n) is 4.59. The molecule has 0 saturated carbocycles. The van der Waals surface area contributed by atoms with E-state index in [1.165, 1.54) is 0 Å². The van der Waals surface area contributed by atoms with Gasteiger partial charge in [-0.2, -0.15) is 41.3 Å². The molecule has 1 fully saturated rings. The first-order valence-corrected chi connectivity index (χ1v) is 13.6. The fourth-order valence-corrected chi connectivity index (χ4v) is 4.84. The molecule has 0 bridgehead atoms. The Labute approximate surface area is 243 Å². The monoisotopic (exact) mass is 619 g/mol. The van der Waals surface area contributed by atoms with Crippen molar-refractivity contribution < 1.29 is 30.7 Å². The van der Waals surface area contributed by atoms with Gasteiger partial charge in [0.2, 0.25) is 17.8 Å². The van der Waals surface area contributed by atoms with Gasteiger partial charge in [0.1, 0.15) is 0 Å². The first-order valence-electron chi connectivity index (χ1n) is 13.2. The quantitative estimate of drug-likeness (QED) is 0.190. The van der Waals surface area contributed by atoms with E-state index in [9.17, 15) is 30.7 Å². The summed E-state index contributed by atoms with van der Waals surface area (Å²) in [6.45, 7) is 6.34. The first-order chi connectivity index (χ1) is 19.7. The molecule has 0 radical (unpaired) electrons. The summed E-state index contributed by atoms with van der Waals surface area (Å²) >= 11 is 6.38. The molecule has 15 heteroatoms. The summed E-state index contributed by atoms with van der Waals surface area (Å²) in [7, 11) is 0. The van der Waals surface area contributed by atoms with Crippen molar-refractivity contribution in [1.82, 2.24) is 15.0 Å². The van der Waals surface area contributed by atoms with Crippen LogP contribution in [0, 0.1) is 0 Å². The minimum atomic E-state index is -6.20. The third kappa shape index (κ3) is 6.58. The molecule has 4 rings (SSSR count). The molecular formula is C27H29ClF7N7. The van der Waals surface area contributed by atoms with Gasteiger partial charge in [-0.15, -0.1) is 0 Å². The Morgan fingerprint density at radius 3 is 2.12 bits per heavy atom. The van der Waals surface area contributed by atoms with Crippen molar-refractivity contribution in [2.75, 3.05) is 46.6 Å². The maximum atomic E-state index is 14.4. The minimum absolute atomic E-state index is 0.00522. The highest BCUT2D eigenvalue weighted by molar-refractivity contribution is 6.33. The molecule has 2 aromatic carbocycles. The molecular weight excluding hydrogens is 591 g/mol. The van der Waals surface area contributed by atoms with Gasteiger partial charge in [0.15, 0.2) is 0 Å². The molecule has 3 aromatic rings. The summed E-state index contributed by atoms with van der Waals surface area (Å²) in [4.78, 5) is 17.4. The van der Waals surface area contributed by atoms with Crippen molar-refractivity contribution in [3.05, 3.63) is 59.1 Å². The average molecular weight is 620 g/mol. The van der Waals surface area contributed by atoms with Crippen LogP contribution in [0.1, 0.15) is 32.3 Å². The molecule has 1 unspecified atom stereocenters. The zero-order valence-corrected chi connectivity index (χ0v) is 23.5. The van der Waals surface area contributed by atoms with Gasteiger partial charge in [-0.1, -0.05) is 49.2 Å². The van der Waals surface area contributed by atoms with Crippen LogP contribution in [-0.4, -0.2) is 59.5 Å². The van der Waals surface area contributed by atoms with Crippen LogP contribution in [0.2, 0.25) is 5.02 Å². The maximum absolute atomic E-state index is 14.4. The third-order valence-corrected chi connectivity index (χ3v) is 7.15. The van der Waals surface area contributed by atoms with Crippen LogP contribution in [-0.2, 0) is 5.67 Å². The second-order valence-corrected chi connectivity index (χ2v) is 10.3. The number of nitrogens with zero attached hydrogens (tertiary/aromatic N) is 5. The number of unbranched alkanes of at least 4 members (excludes halogenated alkanes) is 1. The van der Waals surface area contributed by atoms with E-state index in [2.05, 4.69) is 30.5 Å². The number of aromatic nitrogens is 3. The first kappa shape index (κ1) is 31.4. The van der Waals surface area contributed by atoms with E-state index in [4.69, 9.17) is 11.6 Å². The molecule has 7 nitrogen and oxygen atoms in total. The third-order valence-electron chi connectivity index (χ3n) is 6.83. The molecule has 1 saturated heterocycles. The number of benzene rings is 2. The maximum Gasteiger partial charge on any atom is 0.435 e. The summed E-state index contributed by atoms with van der Waals surface area (Å²) in [6.07, 6.45) is -10.7. The lowest BCUT2D eigenvalue weighted by Crippen LogP contribution is -2.53. The number of rotatable bonds is 9. The Morgan fingerprint density at radius 2 is 1.52 bits per heavy atom. The van der Waals surface area contributed by atoms with Gasteiger partial charge in [0, 0.05) is 43.5 Å². The van der Waals surface area contributed by atoms with E-state index < -0.39 is 23.6 Å². The number of para-hydroxylation sites is 1. The van der Waals surface area contributed by atoms with Crippen LogP contribution in [0.3, 0.4) is 0 Å².